The first-order chi connectivity index (χ1) is 41.5. The molecule has 3 aliphatic heterocycles. The second-order valence-electron chi connectivity index (χ2n) is 23.2. The van der Waals surface area contributed by atoms with Crippen molar-refractivity contribution in [1.29, 1.82) is 0 Å². The van der Waals surface area contributed by atoms with Gasteiger partial charge < -0.3 is 30.5 Å². The van der Waals surface area contributed by atoms with Crippen LogP contribution in [0, 0.1) is 0 Å². The normalized spacial score (nSPS) is 21.2. The lowest BCUT2D eigenvalue weighted by Gasteiger charge is -2.31. The van der Waals surface area contributed by atoms with Crippen molar-refractivity contribution in [3.8, 4) is 0 Å². The molecule has 0 radical (unpaired) electrons. The van der Waals surface area contributed by atoms with Gasteiger partial charge in [-0.05, 0) is 144 Å². The minimum atomic E-state index is -5.29. The summed E-state index contributed by atoms with van der Waals surface area (Å²) < 4.78 is 182. The van der Waals surface area contributed by atoms with E-state index in [1.807, 2.05) is 4.58 Å². The number of nitrogens with one attached hydrogen (secondary N) is 3. The Labute approximate surface area is 518 Å². The van der Waals surface area contributed by atoms with E-state index < -0.39 is 105 Å². The minimum absolute atomic E-state index is 0.00669. The number of rotatable bonds is 15. The molecule has 4 aromatic carbocycles. The van der Waals surface area contributed by atoms with Crippen molar-refractivity contribution in [3.05, 3.63) is 95.7 Å². The highest BCUT2D eigenvalue weighted by Crippen LogP contribution is 2.54. The minimum Gasteiger partial charge on any atom is -0.744 e. The fourth-order valence-electron chi connectivity index (χ4n) is 12.3. The topological polar surface area (TPSA) is 406 Å². The second-order valence-corrected chi connectivity index (χ2v) is 30.4. The number of carboxylic acids is 1. The summed E-state index contributed by atoms with van der Waals surface area (Å²) in [5.74, 6) is -2.64. The van der Waals surface area contributed by atoms with Crippen molar-refractivity contribution >= 4 is 113 Å². The van der Waals surface area contributed by atoms with Gasteiger partial charge in [0.25, 0.3) is 40.5 Å². The number of amides is 3. The van der Waals surface area contributed by atoms with Crippen LogP contribution in [0.3, 0.4) is 0 Å². The van der Waals surface area contributed by atoms with Crippen molar-refractivity contribution in [2.75, 3.05) is 36.8 Å². The zero-order chi connectivity index (χ0) is 65.5. The number of hydrogen-bond donors (Lipinski definition) is 8. The number of carbonyl (C=O) groups is 4. The van der Waals surface area contributed by atoms with E-state index in [0.29, 0.717) is 117 Å². The molecule has 0 saturated carbocycles. The number of hydrogen-bond acceptors (Lipinski definition) is 16. The SMILES string of the molecule is CC1(C)C2=[N+](CCCCCC(=O)NC(C(=O)NCCCCCC(=O)O)CCCCNC(=O)CCCCCC3(C)/C(=C/C=C/C=C/2)N(CCCS(=O)(=O)O)c2ccc4c(S(=O)(=O)O)cc(S(=O)(=O)O)cc4c23)c2ccc3c(S(=O)(=O)O)cc(S(=O)(=O)[O-])cc3c21. The fraction of sp³-hybridized carbons (Fsp3) is 0.475. The molecule has 3 amide bonds. The number of unbranched alkanes of at least 4 members (excludes halogenated alkanes) is 2. The van der Waals surface area contributed by atoms with Crippen molar-refractivity contribution in [3.63, 3.8) is 0 Å². The molecule has 0 spiro atoms. The van der Waals surface area contributed by atoms with Crippen LogP contribution in [0.2, 0.25) is 0 Å². The van der Waals surface area contributed by atoms with Crippen molar-refractivity contribution in [2.24, 2.45) is 0 Å². The van der Waals surface area contributed by atoms with Gasteiger partial charge in [0.2, 0.25) is 23.4 Å². The van der Waals surface area contributed by atoms with Gasteiger partial charge in [0.05, 0.1) is 21.0 Å². The summed E-state index contributed by atoms with van der Waals surface area (Å²) in [5.41, 5.74) is 0.415. The van der Waals surface area contributed by atoms with Gasteiger partial charge in [-0.25, -0.2) is 8.42 Å². The molecule has 25 nitrogen and oxygen atoms in total. The van der Waals surface area contributed by atoms with Gasteiger partial charge in [0, 0.05) is 90.6 Å². The monoisotopic (exact) mass is 1330 g/mol. The number of fused-ring (bicyclic) bond motifs is 9. The highest BCUT2D eigenvalue weighted by atomic mass is 32.2. The van der Waals surface area contributed by atoms with Crippen LogP contribution in [0.4, 0.5) is 11.4 Å². The van der Waals surface area contributed by atoms with E-state index in [4.69, 9.17) is 5.11 Å². The molecule has 2 atom stereocenters. The predicted octanol–water partition coefficient (Wildman–Crippen LogP) is 7.12. The predicted molar refractivity (Wildman–Crippen MR) is 330 cm³/mol. The van der Waals surface area contributed by atoms with Crippen molar-refractivity contribution in [1.82, 2.24) is 16.0 Å². The zero-order valence-corrected chi connectivity index (χ0v) is 53.5. The lowest BCUT2D eigenvalue weighted by Crippen LogP contribution is -2.47. The Kier molecular flexibility index (Phi) is 22.3. The standard InChI is InChI=1S/C59H75N5O20S5/c1-58(2)50-20-8-4-9-21-51-59(3,56-44-36-40(87(76,77)78)38-49(89(82,83)84)42(44)26-28-47(56)64(51)33-18-34-85(70,71)72)29-14-5-10-22-52(65)60-30-16-13-19-45(57(69)61-31-15-6-12-24-54(67)68)62-53(66)23-11-7-17-32-63(50)46-27-25-41-43(55(46)58)35-39(86(73,74)75)37-48(41)88(79,80)81/h4,8-9,20-21,25-28,35-38,45H,5-7,10-19,22-24,29-34H2,1-3H3,(H8-,60,61,62,65,66,67,68,69,70,71,72,73,74,75,76,77,78,79,80,81,82,83,84). The Bertz CT molecular complexity index is 4160. The van der Waals surface area contributed by atoms with Gasteiger partial charge in [-0.3, -0.25) is 37.4 Å². The molecule has 2 unspecified atom stereocenters. The molecule has 8 N–H and O–H groups in total. The summed E-state index contributed by atoms with van der Waals surface area (Å²) in [5, 5.41) is 17.5. The van der Waals surface area contributed by atoms with E-state index >= 15 is 0 Å². The molecule has 0 aliphatic carbocycles. The highest BCUT2D eigenvalue weighted by Gasteiger charge is 2.47. The van der Waals surface area contributed by atoms with Crippen LogP contribution in [0.15, 0.2) is 104 Å². The van der Waals surface area contributed by atoms with Gasteiger partial charge in [0.15, 0.2) is 5.71 Å². The van der Waals surface area contributed by atoms with Crippen LogP contribution < -0.4 is 20.9 Å². The van der Waals surface area contributed by atoms with Crippen LogP contribution in [-0.4, -0.2) is 142 Å². The second kappa shape index (κ2) is 28.4. The van der Waals surface area contributed by atoms with Crippen molar-refractivity contribution in [2.45, 2.75) is 166 Å². The Morgan fingerprint density at radius 2 is 1.31 bits per heavy atom. The van der Waals surface area contributed by atoms with Gasteiger partial charge in [-0.1, -0.05) is 43.6 Å². The summed E-state index contributed by atoms with van der Waals surface area (Å²) in [7, 11) is -25.1. The molecule has 0 aromatic heterocycles. The van der Waals surface area contributed by atoms with E-state index in [1.165, 1.54) is 18.2 Å². The summed E-state index contributed by atoms with van der Waals surface area (Å²) in [6.45, 7) is 6.13. The Morgan fingerprint density at radius 1 is 0.685 bits per heavy atom. The third-order valence-corrected chi connectivity index (χ3v) is 20.7. The molecule has 0 fully saturated rings. The maximum atomic E-state index is 13.5. The number of anilines is 1. The summed E-state index contributed by atoms with van der Waals surface area (Å²) in [6.07, 6.45) is 13.9. The highest BCUT2D eigenvalue weighted by molar-refractivity contribution is 7.87. The first kappa shape index (κ1) is 70.0. The Hall–Kier alpha value is -6.48. The van der Waals surface area contributed by atoms with E-state index in [2.05, 4.69) is 16.0 Å². The molecule has 3 aliphatic rings. The molecule has 3 heterocycles. The summed E-state index contributed by atoms with van der Waals surface area (Å²) in [6, 6.07) is 8.36. The van der Waals surface area contributed by atoms with Gasteiger partial charge in [0.1, 0.15) is 32.5 Å². The zero-order valence-electron chi connectivity index (χ0n) is 49.4. The third-order valence-electron chi connectivity index (χ3n) is 16.4. The number of benzene rings is 4. The smallest absolute Gasteiger partial charge is 0.303 e. The molecule has 4 aromatic rings. The van der Waals surface area contributed by atoms with Crippen LogP contribution in [0.5, 0.6) is 0 Å². The number of aliphatic carboxylic acids is 1. The first-order valence-corrected chi connectivity index (χ1v) is 36.5. The molecule has 89 heavy (non-hydrogen) atoms. The van der Waals surface area contributed by atoms with Gasteiger partial charge in [-0.15, -0.1) is 0 Å². The quantitative estimate of drug-likeness (QED) is 0.0333. The molecular formula is C59H75N5O20S5. The summed E-state index contributed by atoms with van der Waals surface area (Å²) >= 11 is 0. The number of carboxylic acid groups (broad SMARTS) is 1. The maximum absolute atomic E-state index is 13.5. The van der Waals surface area contributed by atoms with E-state index in [0.717, 1.165) is 12.1 Å². The van der Waals surface area contributed by atoms with E-state index in [1.54, 1.807) is 62.1 Å². The van der Waals surface area contributed by atoms with Crippen LogP contribution >= 0.6 is 0 Å². The molecular weight excluding hydrogens is 1260 g/mol. The largest absolute Gasteiger partial charge is 0.744 e. The fourth-order valence-corrected chi connectivity index (χ4v) is 15.4. The lowest BCUT2D eigenvalue weighted by atomic mass is 9.75. The van der Waals surface area contributed by atoms with Crippen molar-refractivity contribution < 1.29 is 93.7 Å². The number of carbonyl (C=O) groups excluding carboxylic acids is 3. The van der Waals surface area contributed by atoms with Crippen LogP contribution in [0.1, 0.15) is 141 Å². The van der Waals surface area contributed by atoms with Crippen LogP contribution in [-0.2, 0) is 80.6 Å². The third kappa shape index (κ3) is 17.3. The molecule has 486 valence electrons. The molecule has 0 bridgehead atoms. The molecule has 30 heteroatoms. The number of allylic oxidation sites excluding steroid dienone is 6. The Balaban J connectivity index is 1.33. The average molecular weight is 1330 g/mol. The number of nitrogens with zero attached hydrogens (tertiary/aromatic N) is 2. The van der Waals surface area contributed by atoms with Gasteiger partial charge >= 0.3 is 5.97 Å². The van der Waals surface area contributed by atoms with E-state index in [9.17, 15) is 84.0 Å². The average Bonchev–Trinajstić information content (AvgIpc) is 1.63. The van der Waals surface area contributed by atoms with E-state index in [-0.39, 0.29) is 98.1 Å². The molecule has 7 rings (SSSR count). The Morgan fingerprint density at radius 3 is 1.96 bits per heavy atom. The maximum Gasteiger partial charge on any atom is 0.303 e. The molecule has 0 saturated heterocycles. The summed E-state index contributed by atoms with van der Waals surface area (Å²) in [4.78, 5) is 49.5. The lowest BCUT2D eigenvalue weighted by molar-refractivity contribution is -0.438. The first-order valence-electron chi connectivity index (χ1n) is 29.1. The van der Waals surface area contributed by atoms with Gasteiger partial charge in [-0.2, -0.15) is 38.2 Å². The van der Waals surface area contributed by atoms with Crippen LogP contribution in [0.25, 0.3) is 21.5 Å².